The van der Waals surface area contributed by atoms with Crippen LogP contribution in [0.1, 0.15) is 43.9 Å². The van der Waals surface area contributed by atoms with Crippen molar-refractivity contribution in [3.05, 3.63) is 59.7 Å². The highest BCUT2D eigenvalue weighted by atomic mass is 15.1. The predicted molar refractivity (Wildman–Crippen MR) is 93.3 cm³/mol. The highest BCUT2D eigenvalue weighted by Gasteiger charge is 2.10. The van der Waals surface area contributed by atoms with Crippen molar-refractivity contribution in [1.29, 1.82) is 0 Å². The van der Waals surface area contributed by atoms with Crippen LogP contribution in [0.25, 0.3) is 0 Å². The van der Waals surface area contributed by atoms with Crippen molar-refractivity contribution < 1.29 is 0 Å². The molecule has 0 radical (unpaired) electrons. The summed E-state index contributed by atoms with van der Waals surface area (Å²) in [4.78, 5) is 2.12. The first-order valence-electron chi connectivity index (χ1n) is 7.61. The molecule has 1 unspecified atom stereocenters. The Morgan fingerprint density at radius 3 is 2.05 bits per heavy atom. The first-order chi connectivity index (χ1) is 9.99. The zero-order chi connectivity index (χ0) is 15.4. The van der Waals surface area contributed by atoms with E-state index in [4.69, 9.17) is 0 Å². The summed E-state index contributed by atoms with van der Waals surface area (Å²) < 4.78 is 0. The Bertz CT molecular complexity index is 570. The number of hydrogen-bond donors (Lipinski definition) is 1. The van der Waals surface area contributed by atoms with E-state index in [0.29, 0.717) is 12.0 Å². The van der Waals surface area contributed by atoms with Crippen LogP contribution in [0.15, 0.2) is 48.5 Å². The molecular formula is C19H26N2. The fourth-order valence-electron chi connectivity index (χ4n) is 2.51. The molecule has 0 heterocycles. The molecule has 0 fully saturated rings. The Hall–Kier alpha value is -1.96. The summed E-state index contributed by atoms with van der Waals surface area (Å²) in [6, 6.07) is 17.6. The Morgan fingerprint density at radius 1 is 0.857 bits per heavy atom. The van der Waals surface area contributed by atoms with Crippen LogP contribution in [0, 0.1) is 0 Å². The molecule has 0 aliphatic carbocycles. The molecule has 112 valence electrons. The third kappa shape index (κ3) is 3.78. The third-order valence-electron chi connectivity index (χ3n) is 3.86. The van der Waals surface area contributed by atoms with Crippen molar-refractivity contribution in [1.82, 2.24) is 0 Å². The number of anilines is 2. The van der Waals surface area contributed by atoms with Crippen LogP contribution in [0.3, 0.4) is 0 Å². The average Bonchev–Trinajstić information content (AvgIpc) is 2.47. The average molecular weight is 282 g/mol. The van der Waals surface area contributed by atoms with Gasteiger partial charge in [0, 0.05) is 31.5 Å². The lowest BCUT2D eigenvalue weighted by atomic mass is 10.00. The zero-order valence-electron chi connectivity index (χ0n) is 13.7. The maximum absolute atomic E-state index is 3.64. The minimum absolute atomic E-state index is 0.293. The van der Waals surface area contributed by atoms with Crippen LogP contribution in [0.2, 0.25) is 0 Å². The van der Waals surface area contributed by atoms with Crippen LogP contribution >= 0.6 is 0 Å². The van der Waals surface area contributed by atoms with Gasteiger partial charge >= 0.3 is 0 Å². The number of nitrogens with one attached hydrogen (secondary N) is 1. The van der Waals surface area contributed by atoms with Gasteiger partial charge in [0.05, 0.1) is 0 Å². The van der Waals surface area contributed by atoms with E-state index in [-0.39, 0.29) is 0 Å². The summed E-state index contributed by atoms with van der Waals surface area (Å²) in [7, 11) is 4.13. The highest BCUT2D eigenvalue weighted by molar-refractivity contribution is 5.54. The van der Waals surface area contributed by atoms with E-state index in [2.05, 4.69) is 93.6 Å². The number of para-hydroxylation sites is 1. The molecule has 2 nitrogen and oxygen atoms in total. The first-order valence-corrected chi connectivity index (χ1v) is 7.61. The maximum Gasteiger partial charge on any atom is 0.0485 e. The molecule has 2 aromatic rings. The minimum atomic E-state index is 0.293. The number of benzene rings is 2. The van der Waals surface area contributed by atoms with Gasteiger partial charge in [0.1, 0.15) is 0 Å². The Balaban J connectivity index is 2.16. The molecule has 2 heteroatoms. The number of nitrogens with zero attached hydrogens (tertiary/aromatic N) is 1. The van der Waals surface area contributed by atoms with E-state index in [0.717, 1.165) is 0 Å². The smallest absolute Gasteiger partial charge is 0.0485 e. The van der Waals surface area contributed by atoms with E-state index < -0.39 is 0 Å². The van der Waals surface area contributed by atoms with Crippen LogP contribution < -0.4 is 10.2 Å². The van der Waals surface area contributed by atoms with E-state index in [9.17, 15) is 0 Å². The van der Waals surface area contributed by atoms with Gasteiger partial charge in [-0.1, -0.05) is 44.2 Å². The van der Waals surface area contributed by atoms with Gasteiger partial charge in [-0.3, -0.25) is 0 Å². The summed E-state index contributed by atoms with van der Waals surface area (Å²) in [6.45, 7) is 6.68. The molecule has 0 saturated heterocycles. The van der Waals surface area contributed by atoms with Gasteiger partial charge in [0.25, 0.3) is 0 Å². The summed E-state index contributed by atoms with van der Waals surface area (Å²) in [5.41, 5.74) is 5.14. The minimum Gasteiger partial charge on any atom is -0.378 e. The summed E-state index contributed by atoms with van der Waals surface area (Å²) in [5.74, 6) is 0.525. The van der Waals surface area contributed by atoms with Gasteiger partial charge in [-0.25, -0.2) is 0 Å². The normalized spacial score (nSPS) is 12.3. The molecule has 2 aromatic carbocycles. The molecule has 1 N–H and O–H groups in total. The Labute approximate surface area is 128 Å². The lowest BCUT2D eigenvalue weighted by molar-refractivity contribution is 0.841. The summed E-state index contributed by atoms with van der Waals surface area (Å²) in [6.07, 6.45) is 0. The SMILES string of the molecule is CC(C)c1ccccc1NC(C)c1ccc(N(C)C)cc1. The largest absolute Gasteiger partial charge is 0.378 e. The topological polar surface area (TPSA) is 15.3 Å². The van der Waals surface area contributed by atoms with E-state index in [1.54, 1.807) is 0 Å². The van der Waals surface area contributed by atoms with Crippen molar-refractivity contribution >= 4 is 11.4 Å². The van der Waals surface area contributed by atoms with Gasteiger partial charge < -0.3 is 10.2 Å². The van der Waals surface area contributed by atoms with Crippen molar-refractivity contribution in [2.45, 2.75) is 32.7 Å². The maximum atomic E-state index is 3.64. The van der Waals surface area contributed by atoms with Crippen LogP contribution in [-0.2, 0) is 0 Å². The van der Waals surface area contributed by atoms with Crippen molar-refractivity contribution in [3.63, 3.8) is 0 Å². The van der Waals surface area contributed by atoms with E-state index in [1.165, 1.54) is 22.5 Å². The number of hydrogen-bond acceptors (Lipinski definition) is 2. The fourth-order valence-corrected chi connectivity index (χ4v) is 2.51. The van der Waals surface area contributed by atoms with Gasteiger partial charge in [0.15, 0.2) is 0 Å². The van der Waals surface area contributed by atoms with E-state index >= 15 is 0 Å². The highest BCUT2D eigenvalue weighted by Crippen LogP contribution is 2.28. The monoisotopic (exact) mass is 282 g/mol. The molecule has 0 aliphatic heterocycles. The molecule has 0 spiro atoms. The quantitative estimate of drug-likeness (QED) is 0.825. The van der Waals surface area contributed by atoms with E-state index in [1.807, 2.05) is 0 Å². The molecule has 21 heavy (non-hydrogen) atoms. The van der Waals surface area contributed by atoms with Gasteiger partial charge in [-0.15, -0.1) is 0 Å². The lowest BCUT2D eigenvalue weighted by Gasteiger charge is -2.21. The molecule has 0 bridgehead atoms. The second-order valence-electron chi connectivity index (χ2n) is 6.09. The molecule has 2 rings (SSSR count). The fraction of sp³-hybridized carbons (Fsp3) is 0.368. The summed E-state index contributed by atoms with van der Waals surface area (Å²) >= 11 is 0. The molecule has 0 aliphatic rings. The van der Waals surface area contributed by atoms with Crippen molar-refractivity contribution in [3.8, 4) is 0 Å². The summed E-state index contributed by atoms with van der Waals surface area (Å²) in [5, 5.41) is 3.64. The molecule has 1 atom stereocenters. The number of rotatable bonds is 5. The molecule has 0 aromatic heterocycles. The van der Waals surface area contributed by atoms with Gasteiger partial charge in [0.2, 0.25) is 0 Å². The zero-order valence-corrected chi connectivity index (χ0v) is 13.7. The van der Waals surface area contributed by atoms with Crippen molar-refractivity contribution in [2.75, 3.05) is 24.3 Å². The lowest BCUT2D eigenvalue weighted by Crippen LogP contribution is -2.11. The van der Waals surface area contributed by atoms with Crippen LogP contribution in [0.5, 0.6) is 0 Å². The second kappa shape index (κ2) is 6.66. The first kappa shape index (κ1) is 15.4. The van der Waals surface area contributed by atoms with Gasteiger partial charge in [-0.05, 0) is 42.2 Å². The standard InChI is InChI=1S/C19H26N2/c1-14(2)18-8-6-7-9-19(18)20-15(3)16-10-12-17(13-11-16)21(4)5/h6-15,20H,1-5H3. The molecular weight excluding hydrogens is 256 g/mol. The Morgan fingerprint density at radius 2 is 1.48 bits per heavy atom. The Kier molecular flexibility index (Phi) is 4.89. The van der Waals surface area contributed by atoms with Gasteiger partial charge in [-0.2, -0.15) is 0 Å². The predicted octanol–water partition coefficient (Wildman–Crippen LogP) is 5.05. The van der Waals surface area contributed by atoms with Crippen LogP contribution in [0.4, 0.5) is 11.4 Å². The second-order valence-corrected chi connectivity index (χ2v) is 6.09. The molecule has 0 saturated carbocycles. The molecule has 0 amide bonds. The van der Waals surface area contributed by atoms with Crippen LogP contribution in [-0.4, -0.2) is 14.1 Å². The third-order valence-corrected chi connectivity index (χ3v) is 3.86. The van der Waals surface area contributed by atoms with Crippen molar-refractivity contribution in [2.24, 2.45) is 0 Å².